The van der Waals surface area contributed by atoms with Gasteiger partial charge in [0.15, 0.2) is 6.29 Å². The van der Waals surface area contributed by atoms with Gasteiger partial charge in [-0.1, -0.05) is 0 Å². The van der Waals surface area contributed by atoms with Crippen molar-refractivity contribution >= 4 is 12.6 Å². The summed E-state index contributed by atoms with van der Waals surface area (Å²) in [5, 5.41) is 0. The first-order chi connectivity index (χ1) is 11.3. The molecule has 1 aliphatic heterocycles. The third-order valence-electron chi connectivity index (χ3n) is 3.47. The molecule has 24 heavy (non-hydrogen) atoms. The third kappa shape index (κ3) is 6.57. The summed E-state index contributed by atoms with van der Waals surface area (Å²) in [5.41, 5.74) is 0. The van der Waals surface area contributed by atoms with Crippen LogP contribution in [0.1, 0.15) is 6.42 Å². The number of aldehydes is 2. The molecule has 0 N–H and O–H groups in total. The van der Waals surface area contributed by atoms with E-state index in [2.05, 4.69) is 0 Å². The Labute approximate surface area is 155 Å². The van der Waals surface area contributed by atoms with E-state index in [9.17, 15) is 9.59 Å². The van der Waals surface area contributed by atoms with Crippen LogP contribution in [0.5, 0.6) is 0 Å². The van der Waals surface area contributed by atoms with Crippen LogP contribution in [0, 0.1) is 62.7 Å². The first-order valence-electron chi connectivity index (χ1n) is 7.42. The average Bonchev–Trinajstić information content (AvgIpc) is 3.27. The van der Waals surface area contributed by atoms with E-state index in [1.165, 1.54) is 0 Å². The number of hydrogen-bond acceptors (Lipinski definition) is 5. The number of carbonyl (C=O) groups is 2. The third-order valence-corrected chi connectivity index (χ3v) is 3.47. The van der Waals surface area contributed by atoms with Crippen molar-refractivity contribution in [1.29, 1.82) is 0 Å². The fraction of sp³-hybridized carbons (Fsp3) is 0.333. The van der Waals surface area contributed by atoms with Crippen molar-refractivity contribution in [2.75, 3.05) is 20.3 Å². The van der Waals surface area contributed by atoms with Gasteiger partial charge >= 0.3 is 17.1 Å². The molecule has 10 radical (unpaired) electrons. The maximum atomic E-state index is 10.8. The summed E-state index contributed by atoms with van der Waals surface area (Å²) >= 11 is 0. The summed E-state index contributed by atoms with van der Waals surface area (Å²) in [6.45, 7) is 1.18. The van der Waals surface area contributed by atoms with Crippen molar-refractivity contribution < 1.29 is 40.9 Å². The molecular weight excluding hydrogens is 352 g/mol. The molecule has 128 valence electrons. The van der Waals surface area contributed by atoms with Crippen LogP contribution in [-0.2, 0) is 40.9 Å². The molecule has 6 heteroatoms. The van der Waals surface area contributed by atoms with Crippen LogP contribution < -0.4 is 0 Å². The summed E-state index contributed by atoms with van der Waals surface area (Å²) in [4.78, 5) is 20.7. The van der Waals surface area contributed by atoms with Crippen LogP contribution in [0.4, 0.5) is 0 Å². The monoisotopic (exact) mass is 372 g/mol. The van der Waals surface area contributed by atoms with Crippen molar-refractivity contribution in [1.82, 2.24) is 0 Å². The van der Waals surface area contributed by atoms with Crippen LogP contribution in [0.15, 0.2) is 0 Å². The molecule has 2 atom stereocenters. The van der Waals surface area contributed by atoms with Gasteiger partial charge in [0.2, 0.25) is 0 Å². The van der Waals surface area contributed by atoms with E-state index in [0.717, 1.165) is 30.8 Å². The van der Waals surface area contributed by atoms with Crippen molar-refractivity contribution in [2.45, 2.75) is 18.8 Å². The molecule has 0 aromatic rings. The summed E-state index contributed by atoms with van der Waals surface area (Å²) in [7, 11) is 1.65. The summed E-state index contributed by atoms with van der Waals surface area (Å²) in [5.74, 6) is 2.18. The van der Waals surface area contributed by atoms with Crippen LogP contribution in [0.2, 0.25) is 0 Å². The Balaban J connectivity index is 0.000000304. The molecule has 0 spiro atoms. The first kappa shape index (κ1) is 21.8. The van der Waals surface area contributed by atoms with Crippen molar-refractivity contribution in [3.05, 3.63) is 62.7 Å². The van der Waals surface area contributed by atoms with Crippen LogP contribution >= 0.6 is 0 Å². The van der Waals surface area contributed by atoms with Gasteiger partial charge in [-0.2, -0.15) is 0 Å². The van der Waals surface area contributed by atoms with Crippen molar-refractivity contribution in [2.24, 2.45) is 0 Å². The zero-order valence-corrected chi connectivity index (χ0v) is 14.5. The van der Waals surface area contributed by atoms with E-state index >= 15 is 0 Å². The van der Waals surface area contributed by atoms with E-state index in [1.54, 1.807) is 26.4 Å². The molecule has 1 saturated heterocycles. The van der Waals surface area contributed by atoms with Gasteiger partial charge in [-0.15, -0.1) is 0 Å². The zero-order valence-electron chi connectivity index (χ0n) is 13.4. The summed E-state index contributed by atoms with van der Waals surface area (Å²) in [6.07, 6.45) is 14.7. The van der Waals surface area contributed by atoms with Gasteiger partial charge in [-0.3, -0.25) is 0 Å². The van der Waals surface area contributed by atoms with Crippen LogP contribution in [0.3, 0.4) is 0 Å². The normalized spacial score (nSPS) is 28.7. The zero-order chi connectivity index (χ0) is 16.5. The van der Waals surface area contributed by atoms with E-state index in [0.29, 0.717) is 19.1 Å². The second kappa shape index (κ2) is 12.2. The quantitative estimate of drug-likeness (QED) is 0.538. The van der Waals surface area contributed by atoms with Gasteiger partial charge in [0.05, 0.1) is 31.2 Å². The fourth-order valence-corrected chi connectivity index (χ4v) is 2.30. The predicted octanol–water partition coefficient (Wildman–Crippen LogP) is 1.33. The molecule has 2 aliphatic carbocycles. The van der Waals surface area contributed by atoms with E-state index in [4.69, 9.17) is 14.2 Å². The minimum absolute atomic E-state index is 0. The standard InChI is InChI=1S/C12H15O4.C6H5O.Fe/c1-14-8-10-5-6-15-12(16-10)11-4-2-3-9(11)7-13;7-5-6-3-1-2-4-6;/h2-4,7,10,12H,5-6,8H2,1H3;1-5H;/q;;+2/t10-,12-;;/m0../s1. The minimum Gasteiger partial charge on any atom is -0.382 e. The predicted molar refractivity (Wildman–Crippen MR) is 83.1 cm³/mol. The largest absolute Gasteiger partial charge is 2.00 e. The summed E-state index contributed by atoms with van der Waals surface area (Å²) < 4.78 is 16.3. The van der Waals surface area contributed by atoms with Gasteiger partial charge < -0.3 is 23.8 Å². The molecule has 3 fully saturated rings. The maximum Gasteiger partial charge on any atom is 2.00 e. The summed E-state index contributed by atoms with van der Waals surface area (Å²) in [6, 6.07) is 0. The molecule has 0 bridgehead atoms. The minimum atomic E-state index is -0.441. The smallest absolute Gasteiger partial charge is 0.382 e. The second-order valence-corrected chi connectivity index (χ2v) is 5.10. The van der Waals surface area contributed by atoms with Crippen LogP contribution in [-0.4, -0.2) is 45.3 Å². The Morgan fingerprint density at radius 2 is 1.88 bits per heavy atom. The molecule has 0 amide bonds. The maximum absolute atomic E-state index is 10.8. The van der Waals surface area contributed by atoms with Gasteiger partial charge in [0, 0.05) is 13.0 Å². The molecule has 0 aromatic carbocycles. The van der Waals surface area contributed by atoms with E-state index < -0.39 is 6.29 Å². The Kier molecular flexibility index (Phi) is 11.0. The van der Waals surface area contributed by atoms with Gasteiger partial charge in [-0.05, 0) is 51.4 Å². The Hall–Kier alpha value is -0.261. The Bertz CT molecular complexity index is 357. The molecular formula is C18H20FeO5+2. The molecule has 2 saturated carbocycles. The van der Waals surface area contributed by atoms with Crippen molar-refractivity contribution in [3.8, 4) is 0 Å². The molecule has 3 aliphatic rings. The first-order valence-corrected chi connectivity index (χ1v) is 7.42. The van der Waals surface area contributed by atoms with Crippen LogP contribution in [0.25, 0.3) is 0 Å². The Morgan fingerprint density at radius 3 is 2.46 bits per heavy atom. The number of rotatable bonds is 5. The van der Waals surface area contributed by atoms with Gasteiger partial charge in [0.25, 0.3) is 0 Å². The average molecular weight is 372 g/mol. The number of carbonyl (C=O) groups excluding carboxylic acids is 2. The molecule has 3 rings (SSSR count). The molecule has 0 aromatic heterocycles. The van der Waals surface area contributed by atoms with Gasteiger partial charge in [0.1, 0.15) is 12.6 Å². The number of methoxy groups -OCH3 is 1. The molecule has 5 nitrogen and oxygen atoms in total. The van der Waals surface area contributed by atoms with E-state index in [-0.39, 0.29) is 23.2 Å². The molecule has 0 unspecified atom stereocenters. The van der Waals surface area contributed by atoms with Gasteiger partial charge in [-0.25, -0.2) is 0 Å². The topological polar surface area (TPSA) is 61.8 Å². The van der Waals surface area contributed by atoms with E-state index in [1.807, 2.05) is 25.7 Å². The number of ether oxygens (including phenoxy) is 3. The van der Waals surface area contributed by atoms with Crippen molar-refractivity contribution in [3.63, 3.8) is 0 Å². The fourth-order valence-electron chi connectivity index (χ4n) is 2.30. The second-order valence-electron chi connectivity index (χ2n) is 5.10. The molecule has 1 heterocycles. The SMILES string of the molecule is COC[C@@H]1CCO[C@H]([C]2[CH][CH][CH][C]2C=O)O1.O=C[C]1[CH][CH][CH][CH]1.[Fe+2]. The number of hydrogen-bond donors (Lipinski definition) is 0. The Morgan fingerprint density at radius 1 is 1.12 bits per heavy atom.